The standard InChI is InChI=1S/C23H24O2/c1-15(12-16-4-6-17(7-5-16)21(24)25)18-8-9-19-20(13-18)23(3)11-10-22(19,2)14-23/h4-9,12-13H,10-11,14H2,1-3H3,(H,24,25)/b15-12+. The summed E-state index contributed by atoms with van der Waals surface area (Å²) in [6, 6.07) is 14.0. The van der Waals surface area contributed by atoms with Gasteiger partial charge in [0.1, 0.15) is 0 Å². The summed E-state index contributed by atoms with van der Waals surface area (Å²) >= 11 is 0. The van der Waals surface area contributed by atoms with Crippen LogP contribution in [0.2, 0.25) is 0 Å². The van der Waals surface area contributed by atoms with Crippen LogP contribution in [0.3, 0.4) is 0 Å². The number of fused-ring (bicyclic) bond motifs is 5. The number of aromatic carboxylic acids is 1. The van der Waals surface area contributed by atoms with E-state index in [1.165, 1.54) is 36.0 Å². The molecular formula is C23H24O2. The molecule has 0 saturated heterocycles. The Morgan fingerprint density at radius 1 is 0.960 bits per heavy atom. The zero-order valence-electron chi connectivity index (χ0n) is 15.1. The fraction of sp³-hybridized carbons (Fsp3) is 0.348. The van der Waals surface area contributed by atoms with E-state index in [0.29, 0.717) is 16.4 Å². The van der Waals surface area contributed by atoms with Crippen LogP contribution in [-0.2, 0) is 10.8 Å². The van der Waals surface area contributed by atoms with Gasteiger partial charge in [0.2, 0.25) is 0 Å². The average Bonchev–Trinajstić information content (AvgIpc) is 3.02. The molecule has 2 nitrogen and oxygen atoms in total. The maximum atomic E-state index is 11.0. The second-order valence-corrected chi connectivity index (χ2v) is 8.31. The molecular weight excluding hydrogens is 308 g/mol. The molecule has 2 atom stereocenters. The Kier molecular flexibility index (Phi) is 3.44. The first-order valence-corrected chi connectivity index (χ1v) is 8.98. The summed E-state index contributed by atoms with van der Waals surface area (Å²) in [5, 5.41) is 9.01. The van der Waals surface area contributed by atoms with Gasteiger partial charge in [0.05, 0.1) is 5.56 Å². The Morgan fingerprint density at radius 2 is 1.56 bits per heavy atom. The van der Waals surface area contributed by atoms with Crippen LogP contribution >= 0.6 is 0 Å². The lowest BCUT2D eigenvalue weighted by atomic mass is 9.77. The highest BCUT2D eigenvalue weighted by Crippen LogP contribution is 2.60. The second kappa shape index (κ2) is 5.32. The molecule has 2 aliphatic carbocycles. The van der Waals surface area contributed by atoms with Crippen molar-refractivity contribution >= 4 is 17.6 Å². The Bertz CT molecular complexity index is 891. The van der Waals surface area contributed by atoms with Crippen LogP contribution < -0.4 is 0 Å². The number of benzene rings is 2. The number of hydrogen-bond acceptors (Lipinski definition) is 1. The molecule has 25 heavy (non-hydrogen) atoms. The van der Waals surface area contributed by atoms with E-state index in [1.54, 1.807) is 17.7 Å². The molecule has 2 unspecified atom stereocenters. The first kappa shape index (κ1) is 16.1. The molecule has 4 rings (SSSR count). The average molecular weight is 332 g/mol. The lowest BCUT2D eigenvalue weighted by Gasteiger charge is -2.27. The minimum absolute atomic E-state index is 0.324. The van der Waals surface area contributed by atoms with Gasteiger partial charge in [-0.05, 0) is 77.0 Å². The van der Waals surface area contributed by atoms with Crippen molar-refractivity contribution in [2.75, 3.05) is 0 Å². The summed E-state index contributed by atoms with van der Waals surface area (Å²) in [5.41, 5.74) is 7.61. The van der Waals surface area contributed by atoms with Gasteiger partial charge in [-0.3, -0.25) is 0 Å². The number of allylic oxidation sites excluding steroid dienone is 1. The van der Waals surface area contributed by atoms with Crippen LogP contribution in [-0.4, -0.2) is 11.1 Å². The molecule has 1 N–H and O–H groups in total. The van der Waals surface area contributed by atoms with E-state index in [4.69, 9.17) is 5.11 Å². The van der Waals surface area contributed by atoms with E-state index in [0.717, 1.165) is 5.56 Å². The molecule has 0 radical (unpaired) electrons. The van der Waals surface area contributed by atoms with E-state index >= 15 is 0 Å². The van der Waals surface area contributed by atoms with Gasteiger partial charge in [0.25, 0.3) is 0 Å². The van der Waals surface area contributed by atoms with Crippen molar-refractivity contribution in [3.63, 3.8) is 0 Å². The Morgan fingerprint density at radius 3 is 2.20 bits per heavy atom. The quantitative estimate of drug-likeness (QED) is 0.737. The van der Waals surface area contributed by atoms with Crippen molar-refractivity contribution in [1.29, 1.82) is 0 Å². The number of carboxylic acid groups (broad SMARTS) is 1. The molecule has 2 bridgehead atoms. The Balaban J connectivity index is 1.68. The van der Waals surface area contributed by atoms with E-state index in [2.05, 4.69) is 45.0 Å². The lowest BCUT2D eigenvalue weighted by molar-refractivity contribution is 0.0697. The van der Waals surface area contributed by atoms with Crippen molar-refractivity contribution in [3.8, 4) is 0 Å². The number of carboxylic acids is 1. The monoisotopic (exact) mass is 332 g/mol. The number of rotatable bonds is 3. The third kappa shape index (κ3) is 2.52. The van der Waals surface area contributed by atoms with Gasteiger partial charge in [-0.1, -0.05) is 50.3 Å². The SMILES string of the molecule is C/C(=C\c1ccc(C(=O)O)cc1)c1ccc2c(c1)C1(C)CCC2(C)C1. The van der Waals surface area contributed by atoms with E-state index in [-0.39, 0.29) is 0 Å². The van der Waals surface area contributed by atoms with Crippen LogP contribution in [0.15, 0.2) is 42.5 Å². The topological polar surface area (TPSA) is 37.3 Å². The molecule has 1 fully saturated rings. The molecule has 1 saturated carbocycles. The van der Waals surface area contributed by atoms with Gasteiger partial charge in [-0.25, -0.2) is 4.79 Å². The molecule has 128 valence electrons. The van der Waals surface area contributed by atoms with Crippen LogP contribution in [0.1, 0.15) is 72.6 Å². The van der Waals surface area contributed by atoms with Gasteiger partial charge in [0, 0.05) is 0 Å². The summed E-state index contributed by atoms with van der Waals surface area (Å²) in [6.45, 7) is 6.96. The van der Waals surface area contributed by atoms with Crippen molar-refractivity contribution in [1.82, 2.24) is 0 Å². The van der Waals surface area contributed by atoms with E-state index in [1.807, 2.05) is 12.1 Å². The predicted molar refractivity (Wildman–Crippen MR) is 102 cm³/mol. The smallest absolute Gasteiger partial charge is 0.335 e. The van der Waals surface area contributed by atoms with Gasteiger partial charge >= 0.3 is 5.97 Å². The van der Waals surface area contributed by atoms with Gasteiger partial charge in [-0.2, -0.15) is 0 Å². The van der Waals surface area contributed by atoms with Gasteiger partial charge in [-0.15, -0.1) is 0 Å². The third-order valence-corrected chi connectivity index (χ3v) is 6.33. The Labute approximate surface area is 149 Å². The summed E-state index contributed by atoms with van der Waals surface area (Å²) in [5.74, 6) is -0.886. The molecule has 2 aliphatic rings. The summed E-state index contributed by atoms with van der Waals surface area (Å²) in [7, 11) is 0. The van der Waals surface area contributed by atoms with E-state index in [9.17, 15) is 4.79 Å². The van der Waals surface area contributed by atoms with Crippen molar-refractivity contribution in [2.24, 2.45) is 0 Å². The first-order valence-electron chi connectivity index (χ1n) is 8.98. The highest BCUT2D eigenvalue weighted by atomic mass is 16.4. The van der Waals surface area contributed by atoms with Crippen molar-refractivity contribution in [2.45, 2.75) is 50.9 Å². The fourth-order valence-corrected chi connectivity index (χ4v) is 4.92. The van der Waals surface area contributed by atoms with Crippen molar-refractivity contribution in [3.05, 3.63) is 70.3 Å². The fourth-order valence-electron chi connectivity index (χ4n) is 4.92. The van der Waals surface area contributed by atoms with Crippen LogP contribution in [0.25, 0.3) is 11.6 Å². The van der Waals surface area contributed by atoms with E-state index < -0.39 is 5.97 Å². The minimum atomic E-state index is -0.886. The van der Waals surface area contributed by atoms with Crippen LogP contribution in [0, 0.1) is 0 Å². The molecule has 2 aromatic rings. The third-order valence-electron chi connectivity index (χ3n) is 6.33. The lowest BCUT2D eigenvalue weighted by Crippen LogP contribution is -2.18. The van der Waals surface area contributed by atoms with Crippen LogP contribution in [0.4, 0.5) is 0 Å². The maximum absolute atomic E-state index is 11.0. The molecule has 0 heterocycles. The first-order chi connectivity index (χ1) is 11.8. The zero-order valence-corrected chi connectivity index (χ0v) is 15.1. The molecule has 2 aromatic carbocycles. The molecule has 2 heteroatoms. The van der Waals surface area contributed by atoms with Gasteiger partial charge in [0.15, 0.2) is 0 Å². The highest BCUT2D eigenvalue weighted by molar-refractivity contribution is 5.88. The number of carbonyl (C=O) groups is 1. The Hall–Kier alpha value is -2.35. The van der Waals surface area contributed by atoms with Crippen molar-refractivity contribution < 1.29 is 9.90 Å². The molecule has 0 aromatic heterocycles. The largest absolute Gasteiger partial charge is 0.478 e. The summed E-state index contributed by atoms with van der Waals surface area (Å²) < 4.78 is 0. The molecule has 0 aliphatic heterocycles. The van der Waals surface area contributed by atoms with Crippen LogP contribution in [0.5, 0.6) is 0 Å². The minimum Gasteiger partial charge on any atom is -0.478 e. The number of hydrogen-bond donors (Lipinski definition) is 1. The normalized spacial score (nSPS) is 27.4. The summed E-state index contributed by atoms with van der Waals surface area (Å²) in [6.07, 6.45) is 6.00. The predicted octanol–water partition coefficient (Wildman–Crippen LogP) is 5.66. The maximum Gasteiger partial charge on any atom is 0.335 e. The van der Waals surface area contributed by atoms with Gasteiger partial charge < -0.3 is 5.11 Å². The summed E-state index contributed by atoms with van der Waals surface area (Å²) in [4.78, 5) is 11.0. The molecule has 0 amide bonds. The second-order valence-electron chi connectivity index (χ2n) is 8.31. The highest BCUT2D eigenvalue weighted by Gasteiger charge is 2.52. The molecule has 0 spiro atoms. The zero-order chi connectivity index (χ0) is 17.8.